The molecule has 2 heterocycles. The van der Waals surface area contributed by atoms with Crippen molar-refractivity contribution < 1.29 is 8.42 Å². The summed E-state index contributed by atoms with van der Waals surface area (Å²) in [5.41, 5.74) is 2.40. The first-order valence-electron chi connectivity index (χ1n) is 7.59. The van der Waals surface area contributed by atoms with E-state index in [0.717, 1.165) is 11.1 Å². The van der Waals surface area contributed by atoms with Crippen LogP contribution in [0.25, 0.3) is 11.3 Å². The lowest BCUT2D eigenvalue weighted by Gasteiger charge is -2.10. The molecular weight excluding hydrogens is 372 g/mol. The number of aromatic nitrogens is 2. The number of pyridine rings is 1. The van der Waals surface area contributed by atoms with Gasteiger partial charge in [0.05, 0.1) is 5.69 Å². The Morgan fingerprint density at radius 1 is 1.19 bits per heavy atom. The number of hydrogen-bond donors (Lipinski definition) is 1. The summed E-state index contributed by atoms with van der Waals surface area (Å²) >= 11 is 0. The third-order valence-electron chi connectivity index (χ3n) is 3.70. The van der Waals surface area contributed by atoms with E-state index in [1.165, 1.54) is 22.3 Å². The average Bonchev–Trinajstić information content (AvgIpc) is 3.08. The molecule has 26 heavy (non-hydrogen) atoms. The molecule has 0 aliphatic heterocycles. The van der Waals surface area contributed by atoms with Gasteiger partial charge in [-0.15, -0.1) is 12.4 Å². The fourth-order valence-electron chi connectivity index (χ4n) is 2.53. The lowest BCUT2D eigenvalue weighted by atomic mass is 10.1. The van der Waals surface area contributed by atoms with Gasteiger partial charge in [0.2, 0.25) is 0 Å². The number of halogens is 1. The molecule has 0 saturated carbocycles. The molecule has 1 aromatic carbocycles. The fraction of sp³-hybridized carbons (Fsp3) is 0.111. The Hall–Kier alpha value is -2.66. The Morgan fingerprint density at radius 2 is 1.92 bits per heavy atom. The molecule has 0 aliphatic carbocycles. The summed E-state index contributed by atoms with van der Waals surface area (Å²) in [6.45, 7) is 0.550. The highest BCUT2D eigenvalue weighted by molar-refractivity contribution is 7.90. The topological polar surface area (TPSA) is 87.8 Å². The summed E-state index contributed by atoms with van der Waals surface area (Å²) in [7, 11) is -2.02. The number of nitrogens with one attached hydrogen (secondary N) is 1. The molecule has 8 heteroatoms. The van der Waals surface area contributed by atoms with Crippen LogP contribution in [0.15, 0.2) is 65.8 Å². The Balaban J connectivity index is 0.00000243. The van der Waals surface area contributed by atoms with Gasteiger partial charge in [-0.3, -0.25) is 0 Å². The molecule has 1 N–H and O–H groups in total. The zero-order valence-electron chi connectivity index (χ0n) is 14.0. The summed E-state index contributed by atoms with van der Waals surface area (Å²) < 4.78 is 27.4. The second-order valence-corrected chi connectivity index (χ2v) is 7.24. The predicted molar refractivity (Wildman–Crippen MR) is 101 cm³/mol. The van der Waals surface area contributed by atoms with Gasteiger partial charge in [0.25, 0.3) is 10.0 Å². The van der Waals surface area contributed by atoms with Gasteiger partial charge >= 0.3 is 0 Å². The first-order chi connectivity index (χ1) is 12.1. The molecule has 0 unspecified atom stereocenters. The van der Waals surface area contributed by atoms with Crippen molar-refractivity contribution in [3.05, 3.63) is 72.2 Å². The molecular formula is C18H17ClN4O2S. The van der Waals surface area contributed by atoms with E-state index in [-0.39, 0.29) is 23.0 Å². The maximum Gasteiger partial charge on any atom is 0.269 e. The highest BCUT2D eigenvalue weighted by Gasteiger charge is 2.22. The minimum atomic E-state index is -3.82. The van der Waals surface area contributed by atoms with Crippen LogP contribution in [-0.4, -0.2) is 24.4 Å². The molecule has 0 radical (unpaired) electrons. The van der Waals surface area contributed by atoms with Gasteiger partial charge in [-0.05, 0) is 36.4 Å². The maximum atomic E-state index is 13.1. The number of hydrogen-bond acceptors (Lipinski definition) is 5. The van der Waals surface area contributed by atoms with Crippen LogP contribution in [0.3, 0.4) is 0 Å². The normalized spacial score (nSPS) is 10.8. The van der Waals surface area contributed by atoms with Crippen LogP contribution < -0.4 is 5.32 Å². The molecule has 134 valence electrons. The van der Waals surface area contributed by atoms with E-state index >= 15 is 0 Å². The van der Waals surface area contributed by atoms with Gasteiger partial charge in [-0.1, -0.05) is 30.3 Å². The summed E-state index contributed by atoms with van der Waals surface area (Å²) in [4.78, 5) is 3.91. The largest absolute Gasteiger partial charge is 0.316 e. The molecule has 3 rings (SSSR count). The van der Waals surface area contributed by atoms with Gasteiger partial charge in [0, 0.05) is 18.9 Å². The minimum Gasteiger partial charge on any atom is -0.316 e. The summed E-state index contributed by atoms with van der Waals surface area (Å²) in [6.07, 6.45) is 2.81. The minimum absolute atomic E-state index is 0. The zero-order chi connectivity index (χ0) is 17.9. The zero-order valence-corrected chi connectivity index (χ0v) is 15.6. The highest BCUT2D eigenvalue weighted by Crippen LogP contribution is 2.27. The predicted octanol–water partition coefficient (Wildman–Crippen LogP) is 2.80. The van der Waals surface area contributed by atoms with Crippen molar-refractivity contribution in [1.82, 2.24) is 14.3 Å². The first kappa shape index (κ1) is 19.7. The van der Waals surface area contributed by atoms with E-state index in [1.54, 1.807) is 13.2 Å². The molecule has 0 aliphatic rings. The van der Waals surface area contributed by atoms with Crippen LogP contribution in [0, 0.1) is 11.3 Å². The molecule has 0 saturated heterocycles. The number of nitrogens with zero attached hydrogens (tertiary/aromatic N) is 3. The number of rotatable bonds is 5. The third kappa shape index (κ3) is 3.78. The lowest BCUT2D eigenvalue weighted by molar-refractivity contribution is 0.587. The Labute approximate surface area is 158 Å². The lowest BCUT2D eigenvalue weighted by Crippen LogP contribution is -2.14. The van der Waals surface area contributed by atoms with Crippen LogP contribution in [0.1, 0.15) is 11.3 Å². The number of nitriles is 1. The van der Waals surface area contributed by atoms with Crippen LogP contribution in [0.5, 0.6) is 0 Å². The SMILES string of the molecule is CNCc1cc(-c2ccccc2)n(S(=O)(=O)c2ccc(C#N)nc2)c1.Cl. The summed E-state index contributed by atoms with van der Waals surface area (Å²) in [5, 5.41) is 11.9. The molecule has 3 aromatic rings. The van der Waals surface area contributed by atoms with Crippen molar-refractivity contribution in [1.29, 1.82) is 5.26 Å². The Morgan fingerprint density at radius 3 is 2.50 bits per heavy atom. The second kappa shape index (κ2) is 8.15. The van der Waals surface area contributed by atoms with Crippen LogP contribution in [0.2, 0.25) is 0 Å². The molecule has 0 fully saturated rings. The van der Waals surface area contributed by atoms with Crippen LogP contribution in [-0.2, 0) is 16.6 Å². The van der Waals surface area contributed by atoms with E-state index in [0.29, 0.717) is 12.2 Å². The Bertz CT molecular complexity index is 1020. The summed E-state index contributed by atoms with van der Waals surface area (Å²) in [6, 6.07) is 15.8. The van der Waals surface area contributed by atoms with Crippen molar-refractivity contribution in [2.45, 2.75) is 11.4 Å². The van der Waals surface area contributed by atoms with E-state index in [1.807, 2.05) is 42.5 Å². The Kier molecular flexibility index (Phi) is 6.16. The van der Waals surface area contributed by atoms with Crippen molar-refractivity contribution in [2.24, 2.45) is 0 Å². The fourth-order valence-corrected chi connectivity index (χ4v) is 3.87. The van der Waals surface area contributed by atoms with Crippen molar-refractivity contribution >= 4 is 22.4 Å². The van der Waals surface area contributed by atoms with Crippen molar-refractivity contribution in [3.63, 3.8) is 0 Å². The maximum absolute atomic E-state index is 13.1. The van der Waals surface area contributed by atoms with Gasteiger partial charge in [0.15, 0.2) is 0 Å². The standard InChI is InChI=1S/C18H16N4O2S.ClH/c1-20-11-14-9-18(15-5-3-2-4-6-15)22(13-14)25(23,24)17-8-7-16(10-19)21-12-17;/h2-9,12-13,20H,11H2,1H3;1H. The van der Waals surface area contributed by atoms with Crippen LogP contribution >= 0.6 is 12.4 Å². The third-order valence-corrected chi connectivity index (χ3v) is 5.36. The van der Waals surface area contributed by atoms with E-state index < -0.39 is 10.0 Å². The molecule has 6 nitrogen and oxygen atoms in total. The number of benzene rings is 1. The highest BCUT2D eigenvalue weighted by atomic mass is 35.5. The van der Waals surface area contributed by atoms with Gasteiger partial charge in [-0.2, -0.15) is 5.26 Å². The molecule has 0 amide bonds. The monoisotopic (exact) mass is 388 g/mol. The average molecular weight is 389 g/mol. The molecule has 0 bridgehead atoms. The quantitative estimate of drug-likeness (QED) is 0.726. The summed E-state index contributed by atoms with van der Waals surface area (Å²) in [5.74, 6) is 0. The smallest absolute Gasteiger partial charge is 0.269 e. The van der Waals surface area contributed by atoms with E-state index in [9.17, 15) is 8.42 Å². The van der Waals surface area contributed by atoms with Gasteiger partial charge < -0.3 is 5.32 Å². The first-order valence-corrected chi connectivity index (χ1v) is 9.03. The van der Waals surface area contributed by atoms with Crippen molar-refractivity contribution in [2.75, 3.05) is 7.05 Å². The van der Waals surface area contributed by atoms with Gasteiger partial charge in [0.1, 0.15) is 16.7 Å². The molecule has 0 spiro atoms. The van der Waals surface area contributed by atoms with Crippen molar-refractivity contribution in [3.8, 4) is 17.3 Å². The second-order valence-electron chi connectivity index (χ2n) is 5.42. The van der Waals surface area contributed by atoms with E-state index in [2.05, 4.69) is 10.3 Å². The molecule has 0 atom stereocenters. The van der Waals surface area contributed by atoms with Crippen LogP contribution in [0.4, 0.5) is 0 Å². The van der Waals surface area contributed by atoms with E-state index in [4.69, 9.17) is 5.26 Å². The molecule has 2 aromatic heterocycles. The van der Waals surface area contributed by atoms with Gasteiger partial charge in [-0.25, -0.2) is 17.4 Å².